The second kappa shape index (κ2) is 3.79. The van der Waals surface area contributed by atoms with Gasteiger partial charge in [-0.05, 0) is 18.4 Å². The lowest BCUT2D eigenvalue weighted by Crippen LogP contribution is -1.94. The second-order valence-corrected chi connectivity index (χ2v) is 4.77. The largest absolute Gasteiger partial charge is 0.207 e. The summed E-state index contributed by atoms with van der Waals surface area (Å²) in [5, 5.41) is 0. The van der Waals surface area contributed by atoms with Crippen LogP contribution in [-0.4, -0.2) is 0 Å². The molecule has 1 atom stereocenters. The summed E-state index contributed by atoms with van der Waals surface area (Å²) in [7, 11) is 0. The van der Waals surface area contributed by atoms with Gasteiger partial charge in [-0.15, -0.1) is 0 Å². The van der Waals surface area contributed by atoms with Gasteiger partial charge in [-0.2, -0.15) is 0 Å². The molecule has 1 aromatic carbocycles. The van der Waals surface area contributed by atoms with E-state index in [2.05, 4.69) is 15.9 Å². The summed E-state index contributed by atoms with van der Waals surface area (Å²) in [4.78, 5) is 0.196. The highest BCUT2D eigenvalue weighted by Gasteiger charge is 2.25. The lowest BCUT2D eigenvalue weighted by Gasteiger charge is -2.09. The molecule has 0 heterocycles. The summed E-state index contributed by atoms with van der Waals surface area (Å²) >= 11 is 3.54. The van der Waals surface area contributed by atoms with Gasteiger partial charge in [0.2, 0.25) is 0 Å². The zero-order valence-electron chi connectivity index (χ0n) is 7.34. The number of hydrogen-bond donors (Lipinski definition) is 0. The maximum Gasteiger partial charge on any atom is 0.127 e. The number of alkyl halides is 1. The fraction of sp³-hybridized carbons (Fsp3) is 0.455. The van der Waals surface area contributed by atoms with Crippen molar-refractivity contribution in [1.82, 2.24) is 0 Å². The van der Waals surface area contributed by atoms with Gasteiger partial charge in [0, 0.05) is 10.4 Å². The van der Waals surface area contributed by atoms with Crippen LogP contribution in [0.5, 0.6) is 0 Å². The van der Waals surface area contributed by atoms with Crippen LogP contribution in [0.1, 0.15) is 29.7 Å². The highest BCUT2D eigenvalue weighted by molar-refractivity contribution is 9.09. The van der Waals surface area contributed by atoms with E-state index in [-0.39, 0.29) is 10.6 Å². The Labute approximate surface area is 86.3 Å². The molecule has 1 saturated carbocycles. The second-order valence-electron chi connectivity index (χ2n) is 3.67. The van der Waals surface area contributed by atoms with Gasteiger partial charge in [-0.3, -0.25) is 0 Å². The Morgan fingerprint density at radius 3 is 2.69 bits per heavy atom. The van der Waals surface area contributed by atoms with E-state index in [4.69, 9.17) is 0 Å². The predicted octanol–water partition coefficient (Wildman–Crippen LogP) is 4.06. The predicted molar refractivity (Wildman–Crippen MR) is 55.4 cm³/mol. The Hall–Kier alpha value is -0.370. The fourth-order valence-corrected chi connectivity index (χ4v) is 2.40. The number of hydrogen-bond acceptors (Lipinski definition) is 0. The van der Waals surface area contributed by atoms with Crippen molar-refractivity contribution in [3.63, 3.8) is 0 Å². The van der Waals surface area contributed by atoms with Crippen LogP contribution in [0.4, 0.5) is 4.39 Å². The third kappa shape index (κ3) is 2.31. The van der Waals surface area contributed by atoms with Gasteiger partial charge in [-0.25, -0.2) is 4.39 Å². The third-order valence-corrected chi connectivity index (χ3v) is 3.35. The van der Waals surface area contributed by atoms with Gasteiger partial charge in [0.15, 0.2) is 0 Å². The van der Waals surface area contributed by atoms with E-state index in [1.165, 1.54) is 18.9 Å². The molecule has 0 aliphatic heterocycles. The standard InChI is InChI=1S/C11H12BrF/c12-10(7-8-5-6-8)9-3-1-2-4-11(9)13/h1-4,8,10H,5-7H2. The van der Waals surface area contributed by atoms with Gasteiger partial charge >= 0.3 is 0 Å². The van der Waals surface area contributed by atoms with Gasteiger partial charge < -0.3 is 0 Å². The molecule has 0 radical (unpaired) electrons. The monoisotopic (exact) mass is 242 g/mol. The Kier molecular flexibility index (Phi) is 2.68. The number of benzene rings is 1. The van der Waals surface area contributed by atoms with Crippen molar-refractivity contribution >= 4 is 15.9 Å². The fourth-order valence-electron chi connectivity index (χ4n) is 1.50. The van der Waals surface area contributed by atoms with Crippen molar-refractivity contribution < 1.29 is 4.39 Å². The molecule has 1 aliphatic carbocycles. The molecule has 1 unspecified atom stereocenters. The molecule has 0 spiro atoms. The highest BCUT2D eigenvalue weighted by Crippen LogP contribution is 2.41. The average Bonchev–Trinajstić information content (AvgIpc) is 2.89. The zero-order chi connectivity index (χ0) is 9.26. The summed E-state index contributed by atoms with van der Waals surface area (Å²) < 4.78 is 13.3. The topological polar surface area (TPSA) is 0 Å². The minimum Gasteiger partial charge on any atom is -0.207 e. The Balaban J connectivity index is 2.09. The quantitative estimate of drug-likeness (QED) is 0.702. The van der Waals surface area contributed by atoms with Crippen LogP contribution >= 0.6 is 15.9 Å². The van der Waals surface area contributed by atoms with E-state index in [1.807, 2.05) is 12.1 Å². The number of rotatable bonds is 3. The van der Waals surface area contributed by atoms with Crippen LogP contribution in [0.25, 0.3) is 0 Å². The minimum absolute atomic E-state index is 0.0926. The summed E-state index contributed by atoms with van der Waals surface area (Å²) in [5.41, 5.74) is 0.800. The maximum absolute atomic E-state index is 13.3. The highest BCUT2D eigenvalue weighted by atomic mass is 79.9. The van der Waals surface area contributed by atoms with Crippen molar-refractivity contribution in [1.29, 1.82) is 0 Å². The first-order valence-electron chi connectivity index (χ1n) is 4.66. The van der Waals surface area contributed by atoms with Crippen molar-refractivity contribution in [2.45, 2.75) is 24.1 Å². The van der Waals surface area contributed by atoms with Gasteiger partial charge in [0.25, 0.3) is 0 Å². The van der Waals surface area contributed by atoms with Crippen LogP contribution < -0.4 is 0 Å². The van der Waals surface area contributed by atoms with Crippen LogP contribution in [0, 0.1) is 11.7 Å². The van der Waals surface area contributed by atoms with E-state index in [9.17, 15) is 4.39 Å². The zero-order valence-corrected chi connectivity index (χ0v) is 8.93. The lowest BCUT2D eigenvalue weighted by molar-refractivity contribution is 0.596. The summed E-state index contributed by atoms with van der Waals surface area (Å²) in [5.74, 6) is 0.731. The summed E-state index contributed by atoms with van der Waals surface area (Å²) in [6, 6.07) is 7.00. The molecule has 1 aromatic rings. The van der Waals surface area contributed by atoms with E-state index < -0.39 is 0 Å². The molecule has 2 heteroatoms. The molecule has 1 fully saturated rings. The average molecular weight is 243 g/mol. The van der Waals surface area contributed by atoms with Crippen molar-refractivity contribution in [3.8, 4) is 0 Å². The molecule has 0 aromatic heterocycles. The molecular weight excluding hydrogens is 231 g/mol. The normalized spacial score (nSPS) is 18.6. The smallest absolute Gasteiger partial charge is 0.127 e. The molecule has 0 amide bonds. The maximum atomic E-state index is 13.3. The van der Waals surface area contributed by atoms with E-state index in [0.717, 1.165) is 17.9 Å². The van der Waals surface area contributed by atoms with Gasteiger partial charge in [0.05, 0.1) is 0 Å². The van der Waals surface area contributed by atoms with Crippen molar-refractivity contribution in [2.75, 3.05) is 0 Å². The van der Waals surface area contributed by atoms with Gasteiger partial charge in [0.1, 0.15) is 5.82 Å². The van der Waals surface area contributed by atoms with Crippen LogP contribution in [0.3, 0.4) is 0 Å². The Morgan fingerprint density at radius 2 is 2.08 bits per heavy atom. The molecule has 0 bridgehead atoms. The summed E-state index contributed by atoms with van der Waals surface area (Å²) in [6.45, 7) is 0. The van der Waals surface area contributed by atoms with Crippen LogP contribution in [0.2, 0.25) is 0 Å². The molecule has 1 aliphatic rings. The molecule has 0 saturated heterocycles. The Morgan fingerprint density at radius 1 is 1.38 bits per heavy atom. The summed E-state index contributed by atoms with van der Waals surface area (Å²) in [6.07, 6.45) is 3.70. The van der Waals surface area contributed by atoms with E-state index in [1.54, 1.807) is 6.07 Å². The first kappa shape index (κ1) is 9.20. The molecule has 70 valence electrons. The Bertz CT molecular complexity index is 294. The number of halogens is 2. The van der Waals surface area contributed by atoms with E-state index >= 15 is 0 Å². The molecule has 0 N–H and O–H groups in total. The van der Waals surface area contributed by atoms with Gasteiger partial charge in [-0.1, -0.05) is 47.0 Å². The molecule has 0 nitrogen and oxygen atoms in total. The molecular formula is C11H12BrF. The SMILES string of the molecule is Fc1ccccc1C(Br)CC1CC1. The first-order chi connectivity index (χ1) is 6.27. The molecule has 2 rings (SSSR count). The molecule has 13 heavy (non-hydrogen) atoms. The third-order valence-electron chi connectivity index (χ3n) is 2.48. The van der Waals surface area contributed by atoms with Crippen molar-refractivity contribution in [2.24, 2.45) is 5.92 Å². The first-order valence-corrected chi connectivity index (χ1v) is 5.57. The van der Waals surface area contributed by atoms with Crippen molar-refractivity contribution in [3.05, 3.63) is 35.6 Å². The van der Waals surface area contributed by atoms with Crippen LogP contribution in [0.15, 0.2) is 24.3 Å². The van der Waals surface area contributed by atoms with E-state index in [0.29, 0.717) is 0 Å². The minimum atomic E-state index is -0.0926. The van der Waals surface area contributed by atoms with Crippen LogP contribution in [-0.2, 0) is 0 Å². The lowest BCUT2D eigenvalue weighted by atomic mass is 10.1.